The molecule has 2 rings (SSSR count). The summed E-state index contributed by atoms with van der Waals surface area (Å²) in [5.41, 5.74) is 8.14. The van der Waals surface area contributed by atoms with Crippen molar-refractivity contribution in [1.82, 2.24) is 25.3 Å². The Morgan fingerprint density at radius 3 is 2.89 bits per heavy atom. The Hall–Kier alpha value is -2.31. The van der Waals surface area contributed by atoms with Gasteiger partial charge in [0.1, 0.15) is 0 Å². The van der Waals surface area contributed by atoms with E-state index in [1.54, 1.807) is 17.8 Å². The number of nitrogens with one attached hydrogen (secondary N) is 2. The number of aryl methyl sites for hydroxylation is 2. The molecule has 0 aliphatic heterocycles. The smallest absolute Gasteiger partial charge is 0.274 e. The van der Waals surface area contributed by atoms with E-state index >= 15 is 0 Å². The van der Waals surface area contributed by atoms with Gasteiger partial charge in [0.25, 0.3) is 5.91 Å². The number of carbonyl (C=O) groups excluding carboxylic acids is 1. The molecule has 7 nitrogen and oxygen atoms in total. The first kappa shape index (κ1) is 12.2. The fraction of sp³-hybridized carbons (Fsp3) is 0.364. The number of aromatic amines is 1. The first-order valence-electron chi connectivity index (χ1n) is 5.65. The van der Waals surface area contributed by atoms with Crippen molar-refractivity contribution in [2.75, 3.05) is 12.3 Å². The van der Waals surface area contributed by atoms with Crippen LogP contribution >= 0.6 is 0 Å². The number of rotatable bonds is 4. The quantitative estimate of drug-likeness (QED) is 0.721. The molecule has 2 heterocycles. The van der Waals surface area contributed by atoms with Gasteiger partial charge in [-0.1, -0.05) is 0 Å². The molecule has 4 N–H and O–H groups in total. The summed E-state index contributed by atoms with van der Waals surface area (Å²) in [5, 5.41) is 13.4. The maximum Gasteiger partial charge on any atom is 0.274 e. The molecule has 0 radical (unpaired) electrons. The van der Waals surface area contributed by atoms with Crippen LogP contribution in [0.4, 0.5) is 5.69 Å². The largest absolute Gasteiger partial charge is 0.395 e. The third-order valence-electron chi connectivity index (χ3n) is 2.60. The van der Waals surface area contributed by atoms with Crippen LogP contribution in [-0.4, -0.2) is 32.4 Å². The Morgan fingerprint density at radius 1 is 1.56 bits per heavy atom. The first-order chi connectivity index (χ1) is 8.58. The van der Waals surface area contributed by atoms with Crippen LogP contribution < -0.4 is 11.1 Å². The zero-order valence-corrected chi connectivity index (χ0v) is 10.4. The van der Waals surface area contributed by atoms with E-state index in [9.17, 15) is 4.79 Å². The number of amides is 1. The highest BCUT2D eigenvalue weighted by Gasteiger charge is 2.14. The number of hydrogen-bond acceptors (Lipinski definition) is 4. The summed E-state index contributed by atoms with van der Waals surface area (Å²) in [6.45, 7) is 4.83. The SMILES string of the molecule is Cc1cnn(CCNC(=O)c2n[nH]c(C)c2N)c1. The molecule has 2 aromatic heterocycles. The van der Waals surface area contributed by atoms with Crippen molar-refractivity contribution in [3.05, 3.63) is 29.3 Å². The van der Waals surface area contributed by atoms with E-state index in [4.69, 9.17) is 5.73 Å². The third-order valence-corrected chi connectivity index (χ3v) is 2.60. The maximum absolute atomic E-state index is 11.8. The van der Waals surface area contributed by atoms with Gasteiger partial charge >= 0.3 is 0 Å². The fourth-order valence-corrected chi connectivity index (χ4v) is 1.57. The number of nitrogens with two attached hydrogens (primary N) is 1. The lowest BCUT2D eigenvalue weighted by Gasteiger charge is -2.04. The normalized spacial score (nSPS) is 10.6. The minimum Gasteiger partial charge on any atom is -0.395 e. The van der Waals surface area contributed by atoms with Gasteiger partial charge in [0.2, 0.25) is 0 Å². The van der Waals surface area contributed by atoms with E-state index in [0.717, 1.165) is 5.56 Å². The van der Waals surface area contributed by atoms with Crippen molar-refractivity contribution in [1.29, 1.82) is 0 Å². The standard InChI is InChI=1S/C11H16N6O/c1-7-5-14-17(6-7)4-3-13-11(18)10-9(12)8(2)15-16-10/h5-6H,3-4,12H2,1-2H3,(H,13,18)(H,15,16). The average molecular weight is 248 g/mol. The molecule has 18 heavy (non-hydrogen) atoms. The number of carbonyl (C=O) groups is 1. The highest BCUT2D eigenvalue weighted by atomic mass is 16.1. The summed E-state index contributed by atoms with van der Waals surface area (Å²) in [7, 11) is 0. The highest BCUT2D eigenvalue weighted by Crippen LogP contribution is 2.11. The van der Waals surface area contributed by atoms with Gasteiger partial charge in [-0.05, 0) is 19.4 Å². The molecule has 0 saturated carbocycles. The van der Waals surface area contributed by atoms with Gasteiger partial charge in [-0.3, -0.25) is 14.6 Å². The van der Waals surface area contributed by atoms with Gasteiger partial charge in [0, 0.05) is 12.7 Å². The summed E-state index contributed by atoms with van der Waals surface area (Å²) in [6.07, 6.45) is 3.69. The van der Waals surface area contributed by atoms with Crippen LogP contribution in [0.25, 0.3) is 0 Å². The van der Waals surface area contributed by atoms with Crippen molar-refractivity contribution >= 4 is 11.6 Å². The predicted octanol–water partition coefficient (Wildman–Crippen LogP) is 0.235. The van der Waals surface area contributed by atoms with Gasteiger partial charge in [-0.2, -0.15) is 10.2 Å². The lowest BCUT2D eigenvalue weighted by atomic mass is 10.3. The lowest BCUT2D eigenvalue weighted by Crippen LogP contribution is -2.28. The average Bonchev–Trinajstić information content (AvgIpc) is 2.87. The molecule has 1 amide bonds. The van der Waals surface area contributed by atoms with Crippen molar-refractivity contribution < 1.29 is 4.79 Å². The molecule has 0 unspecified atom stereocenters. The van der Waals surface area contributed by atoms with Gasteiger partial charge in [-0.15, -0.1) is 0 Å². The molecule has 0 bridgehead atoms. The Bertz CT molecular complexity index is 556. The van der Waals surface area contributed by atoms with E-state index < -0.39 is 0 Å². The number of nitrogens with zero attached hydrogens (tertiary/aromatic N) is 3. The molecule has 0 aromatic carbocycles. The molecule has 0 aliphatic rings. The van der Waals surface area contributed by atoms with E-state index in [1.165, 1.54) is 0 Å². The van der Waals surface area contributed by atoms with Crippen molar-refractivity contribution in [3.8, 4) is 0 Å². The summed E-state index contributed by atoms with van der Waals surface area (Å²) in [4.78, 5) is 11.8. The second kappa shape index (κ2) is 4.91. The molecule has 0 fully saturated rings. The minimum atomic E-state index is -0.277. The maximum atomic E-state index is 11.8. The Kier molecular flexibility index (Phi) is 3.31. The van der Waals surface area contributed by atoms with E-state index in [2.05, 4.69) is 20.6 Å². The van der Waals surface area contributed by atoms with Gasteiger partial charge in [0.05, 0.1) is 24.1 Å². The number of H-pyrrole nitrogens is 1. The molecule has 0 aliphatic carbocycles. The van der Waals surface area contributed by atoms with Crippen LogP contribution in [0.1, 0.15) is 21.7 Å². The zero-order valence-electron chi connectivity index (χ0n) is 10.4. The summed E-state index contributed by atoms with van der Waals surface area (Å²) >= 11 is 0. The fourth-order valence-electron chi connectivity index (χ4n) is 1.57. The van der Waals surface area contributed by atoms with Crippen LogP contribution in [-0.2, 0) is 6.54 Å². The Labute approximate surface area is 104 Å². The topological polar surface area (TPSA) is 102 Å². The molecule has 0 atom stereocenters. The number of aromatic nitrogens is 4. The molecular weight excluding hydrogens is 232 g/mol. The van der Waals surface area contributed by atoms with Gasteiger partial charge in [-0.25, -0.2) is 0 Å². The van der Waals surface area contributed by atoms with Crippen LogP contribution in [0.2, 0.25) is 0 Å². The predicted molar refractivity (Wildman–Crippen MR) is 67.0 cm³/mol. The molecule has 7 heteroatoms. The summed E-state index contributed by atoms with van der Waals surface area (Å²) in [6, 6.07) is 0. The second-order valence-corrected chi connectivity index (χ2v) is 4.15. The van der Waals surface area contributed by atoms with E-state index in [1.807, 2.05) is 13.1 Å². The van der Waals surface area contributed by atoms with Crippen LogP contribution in [0.15, 0.2) is 12.4 Å². The third kappa shape index (κ3) is 2.50. The molecule has 96 valence electrons. The van der Waals surface area contributed by atoms with Crippen LogP contribution in [0.3, 0.4) is 0 Å². The zero-order chi connectivity index (χ0) is 13.1. The molecule has 2 aromatic rings. The van der Waals surface area contributed by atoms with E-state index in [0.29, 0.717) is 24.5 Å². The monoisotopic (exact) mass is 248 g/mol. The second-order valence-electron chi connectivity index (χ2n) is 4.15. The Balaban J connectivity index is 1.87. The van der Waals surface area contributed by atoms with Crippen LogP contribution in [0, 0.1) is 13.8 Å². The van der Waals surface area contributed by atoms with E-state index in [-0.39, 0.29) is 11.6 Å². The number of nitrogen functional groups attached to an aromatic ring is 1. The lowest BCUT2D eigenvalue weighted by molar-refractivity contribution is 0.0948. The first-order valence-corrected chi connectivity index (χ1v) is 5.65. The number of hydrogen-bond donors (Lipinski definition) is 3. The van der Waals surface area contributed by atoms with Gasteiger partial charge in [0.15, 0.2) is 5.69 Å². The molecular formula is C11H16N6O. The van der Waals surface area contributed by atoms with Crippen molar-refractivity contribution in [2.45, 2.75) is 20.4 Å². The number of anilines is 1. The van der Waals surface area contributed by atoms with Crippen LogP contribution in [0.5, 0.6) is 0 Å². The molecule has 0 spiro atoms. The minimum absolute atomic E-state index is 0.240. The Morgan fingerprint density at radius 2 is 2.33 bits per heavy atom. The highest BCUT2D eigenvalue weighted by molar-refractivity contribution is 5.97. The van der Waals surface area contributed by atoms with Crippen molar-refractivity contribution in [3.63, 3.8) is 0 Å². The molecule has 0 saturated heterocycles. The van der Waals surface area contributed by atoms with Crippen molar-refractivity contribution in [2.24, 2.45) is 0 Å². The van der Waals surface area contributed by atoms with Gasteiger partial charge < -0.3 is 11.1 Å². The summed E-state index contributed by atoms with van der Waals surface area (Å²) < 4.78 is 1.77. The summed E-state index contributed by atoms with van der Waals surface area (Å²) in [5.74, 6) is -0.277.